The van der Waals surface area contributed by atoms with Crippen LogP contribution in [0.15, 0.2) is 95.5 Å². The number of nitrogens with one attached hydrogen (secondary N) is 1. The summed E-state index contributed by atoms with van der Waals surface area (Å²) in [5.74, 6) is -0.0511. The van der Waals surface area contributed by atoms with E-state index in [0.29, 0.717) is 5.56 Å². The molecule has 0 radical (unpaired) electrons. The van der Waals surface area contributed by atoms with Crippen LogP contribution in [-0.4, -0.2) is 5.78 Å². The first-order chi connectivity index (χ1) is 11.7. The highest BCUT2D eigenvalue weighted by Crippen LogP contribution is 2.22. The summed E-state index contributed by atoms with van der Waals surface area (Å²) in [6.45, 7) is 0. The predicted octanol–water partition coefficient (Wildman–Crippen LogP) is 5.79. The zero-order chi connectivity index (χ0) is 16.8. The van der Waals surface area contributed by atoms with Gasteiger partial charge < -0.3 is 5.32 Å². The minimum Gasteiger partial charge on any atom is -0.355 e. The van der Waals surface area contributed by atoms with Crippen LogP contribution in [0.3, 0.4) is 0 Å². The molecule has 0 atom stereocenters. The lowest BCUT2D eigenvalue weighted by atomic mass is 10.1. The highest BCUT2D eigenvalue weighted by molar-refractivity contribution is 9.10. The van der Waals surface area contributed by atoms with Crippen molar-refractivity contribution in [2.24, 2.45) is 0 Å². The number of hydrogen-bond donors (Lipinski definition) is 1. The number of allylic oxidation sites excluding steroid dienone is 1. The molecular weight excluding hydrogens is 362 g/mol. The lowest BCUT2D eigenvalue weighted by Crippen LogP contribution is -2.04. The molecule has 0 spiro atoms. The summed E-state index contributed by atoms with van der Waals surface area (Å²) in [7, 11) is 0. The van der Waals surface area contributed by atoms with E-state index >= 15 is 0 Å². The van der Waals surface area contributed by atoms with Crippen LogP contribution in [0.1, 0.15) is 15.9 Å². The zero-order valence-corrected chi connectivity index (χ0v) is 14.5. The van der Waals surface area contributed by atoms with Crippen LogP contribution in [-0.2, 0) is 0 Å². The van der Waals surface area contributed by atoms with Crippen LogP contribution in [0.5, 0.6) is 0 Å². The van der Waals surface area contributed by atoms with Gasteiger partial charge in [0.05, 0.1) is 0 Å². The van der Waals surface area contributed by atoms with Crippen LogP contribution in [0, 0.1) is 0 Å². The first-order valence-electron chi connectivity index (χ1n) is 7.62. The van der Waals surface area contributed by atoms with E-state index in [1.165, 1.54) is 0 Å². The Bertz CT molecular complexity index is 857. The van der Waals surface area contributed by atoms with E-state index in [1.54, 1.807) is 6.08 Å². The van der Waals surface area contributed by atoms with Gasteiger partial charge in [-0.15, -0.1) is 0 Å². The van der Waals surface area contributed by atoms with Crippen molar-refractivity contribution in [3.63, 3.8) is 0 Å². The predicted molar refractivity (Wildman–Crippen MR) is 103 cm³/mol. The molecule has 3 aromatic rings. The molecule has 0 saturated heterocycles. The van der Waals surface area contributed by atoms with E-state index in [4.69, 9.17) is 0 Å². The zero-order valence-electron chi connectivity index (χ0n) is 12.9. The average Bonchev–Trinajstić information content (AvgIpc) is 2.63. The fraction of sp³-hybridized carbons (Fsp3) is 0. The monoisotopic (exact) mass is 377 g/mol. The normalized spacial score (nSPS) is 11.1. The van der Waals surface area contributed by atoms with Crippen LogP contribution >= 0.6 is 15.9 Å². The average molecular weight is 378 g/mol. The molecule has 0 aliphatic heterocycles. The molecule has 118 valence electrons. The minimum absolute atomic E-state index is 0.0511. The van der Waals surface area contributed by atoms with Crippen molar-refractivity contribution in [3.05, 3.63) is 107 Å². The quantitative estimate of drug-likeness (QED) is 0.450. The topological polar surface area (TPSA) is 29.1 Å². The second kappa shape index (κ2) is 7.75. The van der Waals surface area contributed by atoms with Crippen molar-refractivity contribution < 1.29 is 4.79 Å². The molecular formula is C21H16BrNO. The third kappa shape index (κ3) is 4.00. The Hall–Kier alpha value is -2.65. The SMILES string of the molecule is O=C(/C=C(/Nc1ccccc1)c1ccccc1)c1ccccc1Br. The summed E-state index contributed by atoms with van der Waals surface area (Å²) in [4.78, 5) is 12.7. The summed E-state index contributed by atoms with van der Waals surface area (Å²) in [5, 5.41) is 3.34. The van der Waals surface area contributed by atoms with Crippen LogP contribution < -0.4 is 5.32 Å². The van der Waals surface area contributed by atoms with Gasteiger partial charge in [0.25, 0.3) is 0 Å². The Labute approximate surface area is 150 Å². The van der Waals surface area contributed by atoms with E-state index in [0.717, 1.165) is 21.4 Å². The molecule has 1 N–H and O–H groups in total. The largest absolute Gasteiger partial charge is 0.355 e. The number of anilines is 1. The van der Waals surface area contributed by atoms with Crippen molar-refractivity contribution >= 4 is 33.1 Å². The maximum Gasteiger partial charge on any atom is 0.189 e. The van der Waals surface area contributed by atoms with E-state index in [2.05, 4.69) is 21.2 Å². The number of carbonyl (C=O) groups is 1. The lowest BCUT2D eigenvalue weighted by Gasteiger charge is -2.12. The Morgan fingerprint density at radius 3 is 2.04 bits per heavy atom. The Morgan fingerprint density at radius 1 is 0.792 bits per heavy atom. The molecule has 0 amide bonds. The molecule has 0 aliphatic rings. The molecule has 0 saturated carbocycles. The summed E-state index contributed by atoms with van der Waals surface area (Å²) in [5.41, 5.74) is 3.30. The Morgan fingerprint density at radius 2 is 1.38 bits per heavy atom. The second-order valence-electron chi connectivity index (χ2n) is 5.26. The van der Waals surface area contributed by atoms with Crippen molar-refractivity contribution in [3.8, 4) is 0 Å². The maximum atomic E-state index is 12.7. The molecule has 0 unspecified atom stereocenters. The van der Waals surface area contributed by atoms with Crippen LogP contribution in [0.2, 0.25) is 0 Å². The standard InChI is InChI=1S/C21H16BrNO/c22-19-14-8-7-13-18(19)21(24)15-20(16-9-3-1-4-10-16)23-17-11-5-2-6-12-17/h1-15,23H/b20-15+. The molecule has 3 rings (SSSR count). The number of hydrogen-bond acceptors (Lipinski definition) is 2. The first kappa shape index (κ1) is 16.2. The molecule has 3 aromatic carbocycles. The van der Waals surface area contributed by atoms with Gasteiger partial charge in [-0.2, -0.15) is 0 Å². The molecule has 0 aromatic heterocycles. The van der Waals surface area contributed by atoms with Crippen molar-refractivity contribution in [2.75, 3.05) is 5.32 Å². The van der Waals surface area contributed by atoms with E-state index in [1.807, 2.05) is 84.9 Å². The molecule has 0 heterocycles. The highest BCUT2D eigenvalue weighted by atomic mass is 79.9. The third-order valence-corrected chi connectivity index (χ3v) is 4.24. The van der Waals surface area contributed by atoms with Gasteiger partial charge in [0.2, 0.25) is 0 Å². The summed E-state index contributed by atoms with van der Waals surface area (Å²) >= 11 is 3.44. The summed E-state index contributed by atoms with van der Waals surface area (Å²) < 4.78 is 0.790. The van der Waals surface area contributed by atoms with Crippen LogP contribution in [0.4, 0.5) is 5.69 Å². The number of halogens is 1. The van der Waals surface area contributed by atoms with Crippen molar-refractivity contribution in [2.45, 2.75) is 0 Å². The maximum absolute atomic E-state index is 12.7. The van der Waals surface area contributed by atoms with Crippen molar-refractivity contribution in [1.29, 1.82) is 0 Å². The van der Waals surface area contributed by atoms with Gasteiger partial charge in [-0.25, -0.2) is 0 Å². The smallest absolute Gasteiger partial charge is 0.189 e. The van der Waals surface area contributed by atoms with Crippen LogP contribution in [0.25, 0.3) is 5.70 Å². The van der Waals surface area contributed by atoms with E-state index in [9.17, 15) is 4.79 Å². The van der Waals surface area contributed by atoms with Gasteiger partial charge in [-0.1, -0.05) is 76.6 Å². The summed E-state index contributed by atoms with van der Waals surface area (Å²) in [6, 6.07) is 27.1. The fourth-order valence-corrected chi connectivity index (χ4v) is 2.84. The van der Waals surface area contributed by atoms with Crippen molar-refractivity contribution in [1.82, 2.24) is 0 Å². The second-order valence-corrected chi connectivity index (χ2v) is 6.11. The molecule has 0 aliphatic carbocycles. The third-order valence-electron chi connectivity index (χ3n) is 3.55. The fourth-order valence-electron chi connectivity index (χ4n) is 2.36. The van der Waals surface area contributed by atoms with E-state index < -0.39 is 0 Å². The minimum atomic E-state index is -0.0511. The molecule has 3 heteroatoms. The first-order valence-corrected chi connectivity index (χ1v) is 8.41. The number of para-hydroxylation sites is 1. The lowest BCUT2D eigenvalue weighted by molar-refractivity contribution is 0.104. The Kier molecular flexibility index (Phi) is 5.24. The van der Waals surface area contributed by atoms with Gasteiger partial charge in [0, 0.05) is 27.5 Å². The highest BCUT2D eigenvalue weighted by Gasteiger charge is 2.10. The van der Waals surface area contributed by atoms with Gasteiger partial charge in [-0.05, 0) is 29.8 Å². The molecule has 0 fully saturated rings. The summed E-state index contributed by atoms with van der Waals surface area (Å²) in [6.07, 6.45) is 1.64. The molecule has 2 nitrogen and oxygen atoms in total. The van der Waals surface area contributed by atoms with E-state index in [-0.39, 0.29) is 5.78 Å². The number of carbonyl (C=O) groups excluding carboxylic acids is 1. The number of ketones is 1. The van der Waals surface area contributed by atoms with Gasteiger partial charge >= 0.3 is 0 Å². The van der Waals surface area contributed by atoms with Gasteiger partial charge in [0.15, 0.2) is 5.78 Å². The number of rotatable bonds is 5. The Balaban J connectivity index is 1.98. The van der Waals surface area contributed by atoms with Gasteiger partial charge in [-0.3, -0.25) is 4.79 Å². The molecule has 0 bridgehead atoms. The number of benzene rings is 3. The molecule has 24 heavy (non-hydrogen) atoms. The van der Waals surface area contributed by atoms with Gasteiger partial charge in [0.1, 0.15) is 0 Å².